The van der Waals surface area contributed by atoms with E-state index in [1.54, 1.807) is 18.3 Å². The number of hydrogen-bond acceptors (Lipinski definition) is 4. The Morgan fingerprint density at radius 3 is 2.75 bits per heavy atom. The predicted molar refractivity (Wildman–Crippen MR) is 84.5 cm³/mol. The lowest BCUT2D eigenvalue weighted by atomic mass is 9.97. The van der Waals surface area contributed by atoms with Crippen LogP contribution in [0.1, 0.15) is 43.5 Å². The summed E-state index contributed by atoms with van der Waals surface area (Å²) in [6.07, 6.45) is 5.08. The fourth-order valence-corrected chi connectivity index (χ4v) is 4.76. The highest BCUT2D eigenvalue weighted by Gasteiger charge is 2.26. The lowest BCUT2D eigenvalue weighted by Gasteiger charge is -2.23. The molecule has 1 atom stereocenters. The maximum absolute atomic E-state index is 11.7. The van der Waals surface area contributed by atoms with Crippen LogP contribution in [0.3, 0.4) is 0 Å². The van der Waals surface area contributed by atoms with E-state index in [1.165, 1.54) is 30.6 Å². The molecule has 1 aliphatic carbocycles. The van der Waals surface area contributed by atoms with Gasteiger partial charge in [0.15, 0.2) is 0 Å². The predicted octanol–water partition coefficient (Wildman–Crippen LogP) is 2.51. The van der Waals surface area contributed by atoms with Crippen molar-refractivity contribution in [1.29, 1.82) is 0 Å². The van der Waals surface area contributed by atoms with E-state index < -0.39 is 10.0 Å². The lowest BCUT2D eigenvalue weighted by molar-refractivity contribution is 0.379. The van der Waals surface area contributed by atoms with E-state index in [2.05, 4.69) is 27.6 Å². The largest absolute Gasteiger partial charge is 0.308 e. The zero-order chi connectivity index (χ0) is 14.4. The Morgan fingerprint density at radius 1 is 1.40 bits per heavy atom. The monoisotopic (exact) mass is 316 g/mol. The molecule has 1 aromatic rings. The average Bonchev–Trinajstić information content (AvgIpc) is 3.08. The van der Waals surface area contributed by atoms with Crippen LogP contribution in [-0.2, 0) is 10.0 Å². The van der Waals surface area contributed by atoms with Gasteiger partial charge in [-0.15, -0.1) is 11.3 Å². The van der Waals surface area contributed by atoms with Crippen LogP contribution in [0.4, 0.5) is 0 Å². The average molecular weight is 316 g/mol. The summed E-state index contributed by atoms with van der Waals surface area (Å²) in [5, 5.41) is 5.56. The van der Waals surface area contributed by atoms with E-state index in [4.69, 9.17) is 0 Å². The summed E-state index contributed by atoms with van der Waals surface area (Å²) in [7, 11) is -3.13. The molecule has 0 saturated heterocycles. The van der Waals surface area contributed by atoms with E-state index in [-0.39, 0.29) is 5.75 Å². The second-order valence-corrected chi connectivity index (χ2v) is 8.21. The van der Waals surface area contributed by atoms with Crippen molar-refractivity contribution in [2.75, 3.05) is 18.8 Å². The Morgan fingerprint density at radius 2 is 2.15 bits per heavy atom. The van der Waals surface area contributed by atoms with Crippen LogP contribution in [0.5, 0.6) is 0 Å². The summed E-state index contributed by atoms with van der Waals surface area (Å²) in [5.74, 6) is 0.797. The molecule has 20 heavy (non-hydrogen) atoms. The summed E-state index contributed by atoms with van der Waals surface area (Å²) < 4.78 is 25.9. The van der Waals surface area contributed by atoms with Gasteiger partial charge in [0.1, 0.15) is 0 Å². The van der Waals surface area contributed by atoms with Crippen molar-refractivity contribution < 1.29 is 8.42 Å². The van der Waals surface area contributed by atoms with Crippen LogP contribution in [0.15, 0.2) is 17.5 Å². The molecule has 2 N–H and O–H groups in total. The van der Waals surface area contributed by atoms with Crippen LogP contribution >= 0.6 is 11.3 Å². The van der Waals surface area contributed by atoms with Crippen molar-refractivity contribution >= 4 is 21.4 Å². The molecule has 0 aliphatic heterocycles. The van der Waals surface area contributed by atoms with Gasteiger partial charge in [-0.2, -0.15) is 0 Å². The Hall–Kier alpha value is -0.430. The van der Waals surface area contributed by atoms with E-state index in [0.717, 1.165) is 0 Å². The molecule has 0 amide bonds. The second kappa shape index (κ2) is 7.54. The van der Waals surface area contributed by atoms with Crippen molar-refractivity contribution in [1.82, 2.24) is 10.0 Å². The van der Waals surface area contributed by atoms with E-state index >= 15 is 0 Å². The number of thiophene rings is 1. The maximum atomic E-state index is 11.7. The minimum absolute atomic E-state index is 0.148. The third-order valence-electron chi connectivity index (χ3n) is 3.82. The Bertz CT molecular complexity index is 479. The molecule has 0 aromatic carbocycles. The minimum Gasteiger partial charge on any atom is -0.308 e. The van der Waals surface area contributed by atoms with Gasteiger partial charge in [-0.25, -0.2) is 13.1 Å². The van der Waals surface area contributed by atoms with Gasteiger partial charge in [0.05, 0.1) is 5.75 Å². The zero-order valence-electron chi connectivity index (χ0n) is 12.0. The van der Waals surface area contributed by atoms with Crippen molar-refractivity contribution in [2.45, 2.75) is 38.6 Å². The quantitative estimate of drug-likeness (QED) is 0.775. The van der Waals surface area contributed by atoms with Crippen LogP contribution in [0.2, 0.25) is 0 Å². The third kappa shape index (κ3) is 4.55. The second-order valence-electron chi connectivity index (χ2n) is 5.31. The summed E-state index contributed by atoms with van der Waals surface area (Å²) >= 11 is 1.76. The molecule has 1 aliphatic rings. The summed E-state index contributed by atoms with van der Waals surface area (Å²) in [6.45, 7) is 2.77. The normalized spacial score (nSPS) is 18.4. The first-order valence-electron chi connectivity index (χ1n) is 7.36. The van der Waals surface area contributed by atoms with E-state index in [0.29, 0.717) is 25.0 Å². The smallest absolute Gasteiger partial charge is 0.212 e. The van der Waals surface area contributed by atoms with E-state index in [1.807, 2.05) is 0 Å². The van der Waals surface area contributed by atoms with Crippen LogP contribution < -0.4 is 10.0 Å². The molecular weight excluding hydrogens is 292 g/mol. The molecule has 1 aromatic heterocycles. The van der Waals surface area contributed by atoms with Gasteiger partial charge >= 0.3 is 0 Å². The molecule has 0 bridgehead atoms. The lowest BCUT2D eigenvalue weighted by Crippen LogP contribution is -2.35. The van der Waals surface area contributed by atoms with Gasteiger partial charge in [-0.1, -0.05) is 25.8 Å². The van der Waals surface area contributed by atoms with Crippen molar-refractivity contribution in [3.63, 3.8) is 0 Å². The molecule has 1 fully saturated rings. The number of sulfonamides is 1. The Labute approximate surface area is 126 Å². The molecule has 1 unspecified atom stereocenters. The molecule has 2 rings (SSSR count). The minimum atomic E-state index is -3.13. The van der Waals surface area contributed by atoms with Gasteiger partial charge < -0.3 is 5.32 Å². The first-order valence-corrected chi connectivity index (χ1v) is 9.89. The number of nitrogens with one attached hydrogen (secondary N) is 2. The molecular formula is C14H24N2O2S2. The van der Waals surface area contributed by atoms with E-state index in [9.17, 15) is 8.42 Å². The van der Waals surface area contributed by atoms with Gasteiger partial charge in [0, 0.05) is 24.0 Å². The fourth-order valence-electron chi connectivity index (χ4n) is 2.90. The highest BCUT2D eigenvalue weighted by atomic mass is 32.2. The third-order valence-corrected chi connectivity index (χ3v) is 6.25. The zero-order valence-corrected chi connectivity index (χ0v) is 13.6. The molecule has 4 nitrogen and oxygen atoms in total. The topological polar surface area (TPSA) is 58.2 Å². The molecule has 6 heteroatoms. The molecule has 0 spiro atoms. The van der Waals surface area contributed by atoms with Gasteiger partial charge in [0.2, 0.25) is 10.0 Å². The highest BCUT2D eigenvalue weighted by Crippen LogP contribution is 2.37. The molecule has 114 valence electrons. The van der Waals surface area contributed by atoms with Crippen molar-refractivity contribution in [3.05, 3.63) is 22.4 Å². The number of rotatable bonds is 8. The van der Waals surface area contributed by atoms with Crippen molar-refractivity contribution in [2.24, 2.45) is 5.92 Å². The standard InChI is InChI=1S/C14H24N2O2S2/c1-2-16-20(17,18)11-9-15-14(12-6-3-4-7-12)13-8-5-10-19-13/h5,8,10,12,14-16H,2-4,6-7,9,11H2,1H3. The van der Waals surface area contributed by atoms with Crippen LogP contribution in [0.25, 0.3) is 0 Å². The van der Waals surface area contributed by atoms with Crippen LogP contribution in [-0.4, -0.2) is 27.3 Å². The Kier molecular flexibility index (Phi) is 6.01. The molecule has 1 saturated carbocycles. The summed E-state index contributed by atoms with van der Waals surface area (Å²) in [4.78, 5) is 1.33. The molecule has 1 heterocycles. The SMILES string of the molecule is CCNS(=O)(=O)CCNC(c1cccs1)C1CCCC1. The first-order chi connectivity index (χ1) is 9.62. The first kappa shape index (κ1) is 15.9. The Balaban J connectivity index is 1.92. The van der Waals surface area contributed by atoms with Crippen molar-refractivity contribution in [3.8, 4) is 0 Å². The van der Waals surface area contributed by atoms with Crippen LogP contribution in [0, 0.1) is 5.92 Å². The maximum Gasteiger partial charge on any atom is 0.212 e. The summed E-state index contributed by atoms with van der Waals surface area (Å²) in [5.41, 5.74) is 0. The fraction of sp³-hybridized carbons (Fsp3) is 0.714. The van der Waals surface area contributed by atoms with Gasteiger partial charge in [-0.3, -0.25) is 0 Å². The highest BCUT2D eigenvalue weighted by molar-refractivity contribution is 7.89. The molecule has 0 radical (unpaired) electrons. The van der Waals surface area contributed by atoms with Gasteiger partial charge in [-0.05, 0) is 30.2 Å². The van der Waals surface area contributed by atoms with Gasteiger partial charge in [0.25, 0.3) is 0 Å². The summed E-state index contributed by atoms with van der Waals surface area (Å²) in [6, 6.07) is 4.53. The number of hydrogen-bond donors (Lipinski definition) is 2.